The third-order valence-corrected chi connectivity index (χ3v) is 5.90. The van der Waals surface area contributed by atoms with E-state index in [1.54, 1.807) is 17.8 Å². The molecule has 2 N–H and O–H groups in total. The molecule has 3 heterocycles. The average molecular weight is 486 g/mol. The third-order valence-electron chi connectivity index (χ3n) is 5.90. The van der Waals surface area contributed by atoms with Gasteiger partial charge in [0.25, 0.3) is 0 Å². The molecule has 11 nitrogen and oxygen atoms in total. The van der Waals surface area contributed by atoms with Crippen LogP contribution in [-0.4, -0.2) is 53.7 Å². The highest BCUT2D eigenvalue weighted by atomic mass is 19.1. The first-order valence-electron chi connectivity index (χ1n) is 11.5. The lowest BCUT2D eigenvalue weighted by atomic mass is 9.87. The highest BCUT2D eigenvalue weighted by Gasteiger charge is 2.28. The normalized spacial score (nSPS) is 17.7. The van der Waals surface area contributed by atoms with Crippen molar-refractivity contribution < 1.29 is 23.8 Å². The Kier molecular flexibility index (Phi) is 7.37. The highest BCUT2D eigenvalue weighted by molar-refractivity contribution is 5.70. The minimum Gasteiger partial charge on any atom is -0.489 e. The summed E-state index contributed by atoms with van der Waals surface area (Å²) < 4.78 is 27.1. The Morgan fingerprint density at radius 2 is 2.14 bits per heavy atom. The van der Waals surface area contributed by atoms with E-state index in [1.165, 1.54) is 0 Å². The molecule has 1 saturated carbocycles. The van der Waals surface area contributed by atoms with Gasteiger partial charge in [0.1, 0.15) is 23.7 Å². The number of nitrogens with one attached hydrogen (secondary N) is 1. The van der Waals surface area contributed by atoms with Crippen LogP contribution in [-0.2, 0) is 18.4 Å². The van der Waals surface area contributed by atoms with Gasteiger partial charge in [-0.1, -0.05) is 5.21 Å². The Bertz CT molecular complexity index is 1200. The van der Waals surface area contributed by atoms with Crippen LogP contribution in [0.25, 0.3) is 11.4 Å². The second-order valence-electron chi connectivity index (χ2n) is 8.40. The molecule has 35 heavy (non-hydrogen) atoms. The molecule has 1 fully saturated rings. The molecule has 4 rings (SSSR count). The molecule has 12 heteroatoms. The summed E-state index contributed by atoms with van der Waals surface area (Å²) in [6.07, 6.45) is 3.71. The van der Waals surface area contributed by atoms with Crippen molar-refractivity contribution in [2.75, 3.05) is 11.9 Å². The molecule has 3 aromatic heterocycles. The maximum Gasteiger partial charge on any atom is 0.318 e. The molecule has 3 aromatic rings. The van der Waals surface area contributed by atoms with Crippen LogP contribution in [0.4, 0.5) is 10.2 Å². The van der Waals surface area contributed by atoms with Crippen LogP contribution in [0.1, 0.15) is 44.0 Å². The van der Waals surface area contributed by atoms with Crippen molar-refractivity contribution in [3.63, 3.8) is 0 Å². The van der Waals surface area contributed by atoms with E-state index in [0.29, 0.717) is 47.9 Å². The largest absolute Gasteiger partial charge is 0.489 e. The Morgan fingerprint density at radius 3 is 2.89 bits per heavy atom. The number of hydrogen-bond acceptors (Lipinski definition) is 9. The molecule has 0 saturated heterocycles. The molecule has 0 aliphatic heterocycles. The maximum atomic E-state index is 13.8. The zero-order valence-electron chi connectivity index (χ0n) is 19.9. The van der Waals surface area contributed by atoms with E-state index >= 15 is 0 Å². The van der Waals surface area contributed by atoms with Gasteiger partial charge in [0.15, 0.2) is 11.6 Å². The van der Waals surface area contributed by atoms with E-state index < -0.39 is 11.8 Å². The summed E-state index contributed by atoms with van der Waals surface area (Å²) in [6.45, 7) is 4.23. The number of hydrogen-bond donors (Lipinski definition) is 2. The number of pyridine rings is 1. The monoisotopic (exact) mass is 485 g/mol. The predicted octanol–water partition coefficient (Wildman–Crippen LogP) is 3.15. The Morgan fingerprint density at radius 1 is 1.31 bits per heavy atom. The lowest BCUT2D eigenvalue weighted by Crippen LogP contribution is -2.29. The van der Waals surface area contributed by atoms with Crippen LogP contribution in [0.5, 0.6) is 11.8 Å². The minimum atomic E-state index is -0.773. The van der Waals surface area contributed by atoms with Crippen LogP contribution < -0.4 is 14.8 Å². The number of carboxylic acid groups (broad SMARTS) is 1. The van der Waals surface area contributed by atoms with Gasteiger partial charge in [0, 0.05) is 13.6 Å². The second-order valence-corrected chi connectivity index (χ2v) is 8.40. The van der Waals surface area contributed by atoms with E-state index in [9.17, 15) is 14.3 Å². The lowest BCUT2D eigenvalue weighted by Gasteiger charge is -2.27. The number of ether oxygens (including phenoxy) is 2. The van der Waals surface area contributed by atoms with Gasteiger partial charge >= 0.3 is 12.0 Å². The van der Waals surface area contributed by atoms with Gasteiger partial charge in [0.2, 0.25) is 0 Å². The quantitative estimate of drug-likeness (QED) is 0.465. The average Bonchev–Trinajstić information content (AvgIpc) is 3.21. The first-order chi connectivity index (χ1) is 16.9. The van der Waals surface area contributed by atoms with E-state index in [0.717, 1.165) is 19.0 Å². The van der Waals surface area contributed by atoms with Crippen molar-refractivity contribution >= 4 is 11.8 Å². The van der Waals surface area contributed by atoms with E-state index in [1.807, 2.05) is 19.9 Å². The van der Waals surface area contributed by atoms with Crippen molar-refractivity contribution in [3.8, 4) is 23.1 Å². The van der Waals surface area contributed by atoms with E-state index in [4.69, 9.17) is 9.47 Å². The van der Waals surface area contributed by atoms with Gasteiger partial charge < -0.3 is 19.9 Å². The van der Waals surface area contributed by atoms with Gasteiger partial charge in [0.05, 0.1) is 29.6 Å². The number of carbonyl (C=O) groups is 1. The molecule has 0 bridgehead atoms. The summed E-state index contributed by atoms with van der Waals surface area (Å²) in [5.74, 6) is -1.02. The summed E-state index contributed by atoms with van der Waals surface area (Å²) in [7, 11) is 1.73. The number of halogens is 1. The Labute approximate surface area is 201 Å². The van der Waals surface area contributed by atoms with Crippen molar-refractivity contribution in [2.45, 2.75) is 52.2 Å². The zero-order valence-corrected chi connectivity index (χ0v) is 19.9. The van der Waals surface area contributed by atoms with Crippen molar-refractivity contribution in [2.24, 2.45) is 13.0 Å². The SMILES string of the molecule is CCNc1nc(OCc2c(-c3ccc(O[C@H]4CCC[C@H](C(=O)O)C4)c(C)n3)nnn2C)ncc1F. The fraction of sp³-hybridized carbons (Fsp3) is 0.478. The number of aromatic nitrogens is 6. The predicted molar refractivity (Wildman–Crippen MR) is 123 cm³/mol. The Balaban J connectivity index is 1.48. The van der Waals surface area contributed by atoms with Gasteiger partial charge in [-0.15, -0.1) is 5.10 Å². The molecule has 0 amide bonds. The smallest absolute Gasteiger partial charge is 0.318 e. The molecule has 0 aromatic carbocycles. The van der Waals surface area contributed by atoms with E-state index in [-0.39, 0.29) is 30.5 Å². The minimum absolute atomic E-state index is 0.0227. The summed E-state index contributed by atoms with van der Waals surface area (Å²) in [4.78, 5) is 23.9. The van der Waals surface area contributed by atoms with Crippen LogP contribution >= 0.6 is 0 Å². The van der Waals surface area contributed by atoms with Crippen molar-refractivity contribution in [1.29, 1.82) is 0 Å². The van der Waals surface area contributed by atoms with E-state index in [2.05, 4.69) is 30.6 Å². The maximum absolute atomic E-state index is 13.8. The molecule has 186 valence electrons. The fourth-order valence-corrected chi connectivity index (χ4v) is 4.04. The molecule has 0 unspecified atom stereocenters. The highest BCUT2D eigenvalue weighted by Crippen LogP contribution is 2.30. The van der Waals surface area contributed by atoms with Crippen molar-refractivity contribution in [1.82, 2.24) is 29.9 Å². The van der Waals surface area contributed by atoms with Gasteiger partial charge in [-0.2, -0.15) is 4.98 Å². The van der Waals surface area contributed by atoms with Gasteiger partial charge in [-0.3, -0.25) is 4.79 Å². The topological polar surface area (TPSA) is 137 Å². The van der Waals surface area contributed by atoms with Crippen LogP contribution in [0.15, 0.2) is 18.3 Å². The number of carboxylic acids is 1. The summed E-state index contributed by atoms with van der Waals surface area (Å²) >= 11 is 0. The number of rotatable bonds is 9. The lowest BCUT2D eigenvalue weighted by molar-refractivity contribution is -0.143. The first kappa shape index (κ1) is 24.3. The summed E-state index contributed by atoms with van der Waals surface area (Å²) in [5.41, 5.74) is 2.41. The molecule has 0 radical (unpaired) electrons. The molecule has 0 spiro atoms. The zero-order chi connectivity index (χ0) is 24.9. The van der Waals surface area contributed by atoms with Crippen LogP contribution in [0.3, 0.4) is 0 Å². The second kappa shape index (κ2) is 10.6. The first-order valence-corrected chi connectivity index (χ1v) is 11.5. The molecule has 1 aliphatic rings. The number of nitrogens with zero attached hydrogens (tertiary/aromatic N) is 6. The third kappa shape index (κ3) is 5.64. The van der Waals surface area contributed by atoms with Crippen molar-refractivity contribution in [3.05, 3.63) is 35.5 Å². The standard InChI is InChI=1S/C23H28FN7O4/c1-4-25-21-16(24)11-26-23(28-21)34-12-18-20(29-30-31(18)3)17-8-9-19(13(2)27-17)35-15-7-5-6-14(10-15)22(32)33/h8-9,11,14-15H,4-7,10,12H2,1-3H3,(H,32,33)(H,25,26,28)/t14-,15-/m0/s1. The summed E-state index contributed by atoms with van der Waals surface area (Å²) in [6, 6.07) is 3.62. The number of aryl methyl sites for hydroxylation is 2. The fourth-order valence-electron chi connectivity index (χ4n) is 4.04. The Hall–Kier alpha value is -3.83. The van der Waals surface area contributed by atoms with Gasteiger partial charge in [-0.25, -0.2) is 19.0 Å². The van der Waals surface area contributed by atoms with Gasteiger partial charge in [-0.05, 0) is 51.7 Å². The molecular formula is C23H28FN7O4. The van der Waals surface area contributed by atoms with Crippen LogP contribution in [0, 0.1) is 18.7 Å². The molecule has 1 aliphatic carbocycles. The van der Waals surface area contributed by atoms with Crippen LogP contribution in [0.2, 0.25) is 0 Å². The number of anilines is 1. The number of aliphatic carboxylic acids is 1. The molecule has 2 atom stereocenters. The molecular weight excluding hydrogens is 457 g/mol. The summed E-state index contributed by atoms with van der Waals surface area (Å²) in [5, 5.41) is 20.4.